The molecule has 0 radical (unpaired) electrons. The Morgan fingerprint density at radius 2 is 1.87 bits per heavy atom. The number of anilines is 2. The van der Waals surface area contributed by atoms with Gasteiger partial charge >= 0.3 is 5.97 Å². The van der Waals surface area contributed by atoms with Gasteiger partial charge in [0.25, 0.3) is 0 Å². The summed E-state index contributed by atoms with van der Waals surface area (Å²) < 4.78 is 37.6. The first kappa shape index (κ1) is 20.9. The number of esters is 1. The van der Waals surface area contributed by atoms with Crippen LogP contribution >= 0.6 is 0 Å². The summed E-state index contributed by atoms with van der Waals surface area (Å²) in [4.78, 5) is 25.3. The van der Waals surface area contributed by atoms with E-state index in [9.17, 15) is 13.6 Å². The number of carbonyl (C=O) groups excluding carboxylic acids is 1. The molecule has 7 nitrogen and oxygen atoms in total. The van der Waals surface area contributed by atoms with Gasteiger partial charge in [-0.15, -0.1) is 0 Å². The lowest BCUT2D eigenvalue weighted by atomic mass is 10.1. The fourth-order valence-corrected chi connectivity index (χ4v) is 3.62. The second-order valence-electron chi connectivity index (χ2n) is 7.32. The number of nitrogens with zero attached hydrogens (tertiary/aromatic N) is 4. The van der Waals surface area contributed by atoms with Gasteiger partial charge in [0.1, 0.15) is 23.0 Å². The first-order chi connectivity index (χ1) is 14.9. The summed E-state index contributed by atoms with van der Waals surface area (Å²) in [5.74, 6) is -1.10. The van der Waals surface area contributed by atoms with Crippen LogP contribution in [0.2, 0.25) is 0 Å². The summed E-state index contributed by atoms with van der Waals surface area (Å²) in [6, 6.07) is 6.66. The Kier molecular flexibility index (Phi) is 5.94. The lowest BCUT2D eigenvalue weighted by molar-refractivity contribution is 0.0601. The average molecular weight is 428 g/mol. The van der Waals surface area contributed by atoms with Crippen molar-refractivity contribution in [2.45, 2.75) is 6.54 Å². The Labute approximate surface area is 178 Å². The number of benzene rings is 2. The number of methoxy groups -OCH3 is 1. The Morgan fingerprint density at radius 1 is 1.16 bits per heavy atom. The quantitative estimate of drug-likeness (QED) is 0.578. The molecule has 1 fully saturated rings. The molecule has 0 bridgehead atoms. The molecule has 31 heavy (non-hydrogen) atoms. The van der Waals surface area contributed by atoms with Crippen molar-refractivity contribution in [3.05, 3.63) is 59.3 Å². The van der Waals surface area contributed by atoms with E-state index in [0.29, 0.717) is 60.0 Å². The van der Waals surface area contributed by atoms with Crippen molar-refractivity contribution >= 4 is 28.5 Å². The minimum Gasteiger partial charge on any atom is -0.465 e. The van der Waals surface area contributed by atoms with E-state index in [4.69, 9.17) is 14.5 Å². The third-order valence-corrected chi connectivity index (χ3v) is 5.12. The molecule has 0 atom stereocenters. The first-order valence-electron chi connectivity index (χ1n) is 9.82. The molecule has 1 aliphatic rings. The molecule has 0 amide bonds. The lowest BCUT2D eigenvalue weighted by Crippen LogP contribution is -2.36. The number of hydrogen-bond donors (Lipinski definition) is 0. The number of morpholine rings is 1. The van der Waals surface area contributed by atoms with E-state index in [0.717, 1.165) is 6.07 Å². The predicted molar refractivity (Wildman–Crippen MR) is 112 cm³/mol. The van der Waals surface area contributed by atoms with Gasteiger partial charge in [0, 0.05) is 32.7 Å². The minimum absolute atomic E-state index is 0.206. The van der Waals surface area contributed by atoms with Crippen LogP contribution in [0.1, 0.15) is 15.9 Å². The van der Waals surface area contributed by atoms with E-state index in [-0.39, 0.29) is 6.54 Å². The van der Waals surface area contributed by atoms with Crippen LogP contribution in [0.3, 0.4) is 0 Å². The molecule has 2 heterocycles. The number of carbonyl (C=O) groups is 1. The highest BCUT2D eigenvalue weighted by molar-refractivity contribution is 5.99. The maximum Gasteiger partial charge on any atom is 0.338 e. The van der Waals surface area contributed by atoms with E-state index >= 15 is 0 Å². The topological polar surface area (TPSA) is 67.8 Å². The van der Waals surface area contributed by atoms with Crippen molar-refractivity contribution in [2.75, 3.05) is 50.3 Å². The molecule has 9 heteroatoms. The zero-order chi connectivity index (χ0) is 22.0. The highest BCUT2D eigenvalue weighted by atomic mass is 19.1. The maximum absolute atomic E-state index is 13.7. The van der Waals surface area contributed by atoms with Crippen molar-refractivity contribution in [3.8, 4) is 0 Å². The number of aromatic nitrogens is 2. The molecule has 0 spiro atoms. The standard InChI is InChI=1S/C22H22F2N4O3/c1-27(13-14-7-16(23)11-17(24)8-14)19-10-15(22(29)30-2)9-18-21(19)26-20(12-25-18)28-3-5-31-6-4-28/h7-12H,3-6,13H2,1-2H3. The zero-order valence-electron chi connectivity index (χ0n) is 17.3. The van der Waals surface area contributed by atoms with Gasteiger partial charge < -0.3 is 19.3 Å². The number of ether oxygens (including phenoxy) is 2. The Morgan fingerprint density at radius 3 is 2.55 bits per heavy atom. The number of hydrogen-bond acceptors (Lipinski definition) is 7. The van der Waals surface area contributed by atoms with Crippen molar-refractivity contribution in [1.29, 1.82) is 0 Å². The largest absolute Gasteiger partial charge is 0.465 e. The SMILES string of the molecule is COC(=O)c1cc(N(C)Cc2cc(F)cc(F)c2)c2nc(N3CCOCC3)cnc2c1. The summed E-state index contributed by atoms with van der Waals surface area (Å²) in [5.41, 5.74) is 2.47. The van der Waals surface area contributed by atoms with Crippen LogP contribution < -0.4 is 9.80 Å². The predicted octanol–water partition coefficient (Wildman–Crippen LogP) is 3.17. The zero-order valence-corrected chi connectivity index (χ0v) is 17.3. The molecule has 162 valence electrons. The molecule has 3 aromatic rings. The molecule has 4 rings (SSSR count). The Hall–Kier alpha value is -3.33. The molecule has 0 unspecified atom stereocenters. The van der Waals surface area contributed by atoms with Crippen LogP contribution in [0.25, 0.3) is 11.0 Å². The summed E-state index contributed by atoms with van der Waals surface area (Å²) >= 11 is 0. The molecule has 1 aliphatic heterocycles. The molecular formula is C22H22F2N4O3. The summed E-state index contributed by atoms with van der Waals surface area (Å²) in [6.45, 7) is 2.83. The van der Waals surface area contributed by atoms with E-state index in [2.05, 4.69) is 9.88 Å². The maximum atomic E-state index is 13.7. The summed E-state index contributed by atoms with van der Waals surface area (Å²) in [7, 11) is 3.07. The van der Waals surface area contributed by atoms with Gasteiger partial charge in [0.05, 0.1) is 43.3 Å². The van der Waals surface area contributed by atoms with Crippen LogP contribution in [0.4, 0.5) is 20.3 Å². The van der Waals surface area contributed by atoms with Gasteiger partial charge in [-0.25, -0.2) is 18.6 Å². The van der Waals surface area contributed by atoms with Gasteiger partial charge in [-0.2, -0.15) is 0 Å². The Bertz CT molecular complexity index is 1100. The normalized spacial score (nSPS) is 14.0. The molecule has 0 saturated carbocycles. The van der Waals surface area contributed by atoms with Gasteiger partial charge in [0.2, 0.25) is 0 Å². The highest BCUT2D eigenvalue weighted by Gasteiger charge is 2.19. The van der Waals surface area contributed by atoms with Crippen molar-refractivity contribution in [2.24, 2.45) is 0 Å². The van der Waals surface area contributed by atoms with Gasteiger partial charge in [-0.3, -0.25) is 4.98 Å². The molecule has 1 aromatic heterocycles. The molecule has 2 aromatic carbocycles. The molecule has 0 aliphatic carbocycles. The van der Waals surface area contributed by atoms with Crippen LogP contribution in [-0.4, -0.2) is 56.4 Å². The van der Waals surface area contributed by atoms with E-state index < -0.39 is 17.6 Å². The molecule has 0 N–H and O–H groups in total. The molecule has 1 saturated heterocycles. The van der Waals surface area contributed by atoms with Gasteiger partial charge in [0.15, 0.2) is 0 Å². The van der Waals surface area contributed by atoms with Crippen molar-refractivity contribution in [1.82, 2.24) is 9.97 Å². The third kappa shape index (κ3) is 4.56. The fourth-order valence-electron chi connectivity index (χ4n) is 3.62. The number of fused-ring (bicyclic) bond motifs is 1. The fraction of sp³-hybridized carbons (Fsp3) is 0.318. The summed E-state index contributed by atoms with van der Waals surface area (Å²) in [6.07, 6.45) is 1.67. The number of halogens is 2. The number of rotatable bonds is 5. The summed E-state index contributed by atoms with van der Waals surface area (Å²) in [5, 5.41) is 0. The first-order valence-corrected chi connectivity index (χ1v) is 9.82. The Balaban J connectivity index is 1.77. The van der Waals surface area contributed by atoms with Gasteiger partial charge in [-0.1, -0.05) is 0 Å². The monoisotopic (exact) mass is 428 g/mol. The second kappa shape index (κ2) is 8.81. The van der Waals surface area contributed by atoms with E-state index in [1.807, 2.05) is 0 Å². The average Bonchev–Trinajstić information content (AvgIpc) is 2.77. The van der Waals surface area contributed by atoms with Crippen LogP contribution in [0.5, 0.6) is 0 Å². The van der Waals surface area contributed by atoms with Gasteiger partial charge in [-0.05, 0) is 29.8 Å². The van der Waals surface area contributed by atoms with E-state index in [1.54, 1.807) is 30.3 Å². The second-order valence-corrected chi connectivity index (χ2v) is 7.32. The highest BCUT2D eigenvalue weighted by Crippen LogP contribution is 2.29. The van der Waals surface area contributed by atoms with E-state index in [1.165, 1.54) is 19.2 Å². The van der Waals surface area contributed by atoms with Crippen LogP contribution in [0.15, 0.2) is 36.5 Å². The lowest BCUT2D eigenvalue weighted by Gasteiger charge is -2.28. The smallest absolute Gasteiger partial charge is 0.338 e. The van der Waals surface area contributed by atoms with Crippen LogP contribution in [0, 0.1) is 11.6 Å². The minimum atomic E-state index is -0.647. The van der Waals surface area contributed by atoms with Crippen molar-refractivity contribution in [3.63, 3.8) is 0 Å². The van der Waals surface area contributed by atoms with Crippen LogP contribution in [-0.2, 0) is 16.0 Å². The van der Waals surface area contributed by atoms with Crippen molar-refractivity contribution < 1.29 is 23.0 Å². The third-order valence-electron chi connectivity index (χ3n) is 5.12. The molecular weight excluding hydrogens is 406 g/mol.